The minimum atomic E-state index is -0.303. The number of pyridine rings is 1. The van der Waals surface area contributed by atoms with Gasteiger partial charge in [0.1, 0.15) is 5.75 Å². The number of halogens is 1. The number of carbonyl (C=O) groups is 1. The average molecular weight is 409 g/mol. The molecule has 0 saturated carbocycles. The zero-order valence-corrected chi connectivity index (χ0v) is 14.5. The van der Waals surface area contributed by atoms with Crippen LogP contribution in [-0.4, -0.2) is 23.7 Å². The van der Waals surface area contributed by atoms with Crippen molar-refractivity contribution in [1.29, 1.82) is 0 Å². The molecule has 6 heteroatoms. The van der Waals surface area contributed by atoms with E-state index in [4.69, 9.17) is 4.74 Å². The van der Waals surface area contributed by atoms with Crippen molar-refractivity contribution in [3.63, 3.8) is 0 Å². The Kier molecular flexibility index (Phi) is 5.88. The van der Waals surface area contributed by atoms with Gasteiger partial charge >= 0.3 is 0 Å². The molecule has 0 bridgehead atoms. The van der Waals surface area contributed by atoms with Crippen LogP contribution in [-0.2, 0) is 4.79 Å². The van der Waals surface area contributed by atoms with E-state index in [2.05, 4.69) is 38.1 Å². The third kappa shape index (κ3) is 4.80. The predicted molar refractivity (Wildman–Crippen MR) is 94.1 cm³/mol. The van der Waals surface area contributed by atoms with Crippen molar-refractivity contribution in [3.05, 3.63) is 56.9 Å². The van der Waals surface area contributed by atoms with Crippen molar-refractivity contribution >= 4 is 34.7 Å². The Bertz CT molecular complexity index is 664. The largest absolute Gasteiger partial charge is 0.483 e. The van der Waals surface area contributed by atoms with Gasteiger partial charge in [-0.1, -0.05) is 0 Å². The quantitative estimate of drug-likeness (QED) is 0.470. The lowest BCUT2D eigenvalue weighted by molar-refractivity contribution is -0.123. The maximum atomic E-state index is 11.7. The topological polar surface area (TPSA) is 63.6 Å². The Morgan fingerprint density at radius 2 is 1.95 bits per heavy atom. The van der Waals surface area contributed by atoms with E-state index < -0.39 is 0 Å². The van der Waals surface area contributed by atoms with Crippen LogP contribution in [0.15, 0.2) is 41.8 Å². The third-order valence-corrected chi connectivity index (χ3v) is 3.50. The Balaban J connectivity index is 1.87. The second kappa shape index (κ2) is 7.88. The Hall–Kier alpha value is -1.96. The van der Waals surface area contributed by atoms with E-state index in [1.165, 1.54) is 0 Å². The average Bonchev–Trinajstić information content (AvgIpc) is 2.47. The lowest BCUT2D eigenvalue weighted by atomic mass is 10.1. The van der Waals surface area contributed by atoms with Crippen molar-refractivity contribution in [1.82, 2.24) is 10.4 Å². The smallest absolute Gasteiger partial charge is 0.277 e. The molecular weight excluding hydrogens is 393 g/mol. The molecule has 1 heterocycles. The van der Waals surface area contributed by atoms with Crippen molar-refractivity contribution in [2.24, 2.45) is 5.10 Å². The molecule has 5 nitrogen and oxygen atoms in total. The SMILES string of the molecule is Cc1cc(I)cc(C)c1OCC(=O)NN=Cc1ccncc1. The van der Waals surface area contributed by atoms with Gasteiger partial charge in [-0.15, -0.1) is 0 Å². The summed E-state index contributed by atoms with van der Waals surface area (Å²) in [5.41, 5.74) is 5.32. The minimum Gasteiger partial charge on any atom is -0.483 e. The fourth-order valence-electron chi connectivity index (χ4n) is 1.92. The monoisotopic (exact) mass is 409 g/mol. The number of amides is 1. The molecule has 22 heavy (non-hydrogen) atoms. The first-order chi connectivity index (χ1) is 10.6. The normalized spacial score (nSPS) is 10.7. The zero-order chi connectivity index (χ0) is 15.9. The Morgan fingerprint density at radius 1 is 1.32 bits per heavy atom. The molecule has 1 aromatic carbocycles. The molecule has 0 saturated heterocycles. The molecule has 0 unspecified atom stereocenters. The van der Waals surface area contributed by atoms with Gasteiger partial charge in [0.2, 0.25) is 0 Å². The molecule has 2 rings (SSSR count). The summed E-state index contributed by atoms with van der Waals surface area (Å²) in [5.74, 6) is 0.441. The van der Waals surface area contributed by atoms with E-state index in [-0.39, 0.29) is 12.5 Å². The van der Waals surface area contributed by atoms with Crippen LogP contribution in [0.3, 0.4) is 0 Å². The number of benzene rings is 1. The number of nitrogens with one attached hydrogen (secondary N) is 1. The van der Waals surface area contributed by atoms with E-state index >= 15 is 0 Å². The van der Waals surface area contributed by atoms with Crippen LogP contribution in [0.2, 0.25) is 0 Å². The molecule has 2 aromatic rings. The van der Waals surface area contributed by atoms with Crippen LogP contribution in [0.5, 0.6) is 5.75 Å². The van der Waals surface area contributed by atoms with Crippen molar-refractivity contribution in [2.75, 3.05) is 6.61 Å². The molecule has 0 fully saturated rings. The van der Waals surface area contributed by atoms with Gasteiger partial charge in [-0.05, 0) is 77.4 Å². The summed E-state index contributed by atoms with van der Waals surface area (Å²) >= 11 is 2.25. The standard InChI is InChI=1S/C16H16IN3O2/c1-11-7-14(17)8-12(2)16(11)22-10-15(21)20-19-9-13-3-5-18-6-4-13/h3-9H,10H2,1-2H3,(H,20,21). The van der Waals surface area contributed by atoms with Crippen LogP contribution >= 0.6 is 22.6 Å². The van der Waals surface area contributed by atoms with Gasteiger partial charge in [-0.25, -0.2) is 5.43 Å². The summed E-state index contributed by atoms with van der Waals surface area (Å²) < 4.78 is 6.73. The summed E-state index contributed by atoms with van der Waals surface area (Å²) in [6.45, 7) is 3.85. The molecule has 0 aliphatic carbocycles. The number of rotatable bonds is 5. The fourth-order valence-corrected chi connectivity index (χ4v) is 2.86. The van der Waals surface area contributed by atoms with E-state index in [0.717, 1.165) is 26.0 Å². The molecule has 1 N–H and O–H groups in total. The number of hydrazone groups is 1. The lowest BCUT2D eigenvalue weighted by Gasteiger charge is -2.11. The maximum absolute atomic E-state index is 11.7. The summed E-state index contributed by atoms with van der Waals surface area (Å²) in [4.78, 5) is 15.6. The first-order valence-corrected chi connectivity index (χ1v) is 7.75. The highest BCUT2D eigenvalue weighted by Crippen LogP contribution is 2.25. The molecule has 0 spiro atoms. The summed E-state index contributed by atoms with van der Waals surface area (Å²) in [5, 5.41) is 3.88. The highest BCUT2D eigenvalue weighted by Gasteiger charge is 2.08. The lowest BCUT2D eigenvalue weighted by Crippen LogP contribution is -2.25. The van der Waals surface area contributed by atoms with Crippen LogP contribution in [0.4, 0.5) is 0 Å². The molecular formula is C16H16IN3O2. The summed E-state index contributed by atoms with van der Waals surface area (Å²) in [6, 6.07) is 7.62. The van der Waals surface area contributed by atoms with Gasteiger partial charge in [0, 0.05) is 16.0 Å². The molecule has 0 radical (unpaired) electrons. The molecule has 1 aromatic heterocycles. The molecule has 1 amide bonds. The number of hydrogen-bond acceptors (Lipinski definition) is 4. The highest BCUT2D eigenvalue weighted by atomic mass is 127. The van der Waals surface area contributed by atoms with Crippen molar-refractivity contribution in [2.45, 2.75) is 13.8 Å². The van der Waals surface area contributed by atoms with Crippen LogP contribution < -0.4 is 10.2 Å². The molecule has 114 valence electrons. The third-order valence-electron chi connectivity index (χ3n) is 2.88. The number of aromatic nitrogens is 1. The number of hydrogen-bond donors (Lipinski definition) is 1. The summed E-state index contributed by atoms with van der Waals surface area (Å²) in [7, 11) is 0. The maximum Gasteiger partial charge on any atom is 0.277 e. The fraction of sp³-hybridized carbons (Fsp3) is 0.188. The number of nitrogens with zero attached hydrogens (tertiary/aromatic N) is 2. The van der Waals surface area contributed by atoms with Gasteiger partial charge < -0.3 is 4.74 Å². The van der Waals surface area contributed by atoms with E-state index in [1.54, 1.807) is 30.7 Å². The number of aryl methyl sites for hydroxylation is 2. The second-order valence-electron chi connectivity index (χ2n) is 4.73. The molecule has 0 aliphatic rings. The molecule has 0 atom stereocenters. The van der Waals surface area contributed by atoms with Gasteiger partial charge in [-0.2, -0.15) is 5.10 Å². The van der Waals surface area contributed by atoms with Crippen LogP contribution in [0, 0.1) is 17.4 Å². The highest BCUT2D eigenvalue weighted by molar-refractivity contribution is 14.1. The van der Waals surface area contributed by atoms with Gasteiger partial charge in [-0.3, -0.25) is 9.78 Å². The Labute approximate surface area is 142 Å². The van der Waals surface area contributed by atoms with E-state index in [9.17, 15) is 4.79 Å². The zero-order valence-electron chi connectivity index (χ0n) is 12.3. The predicted octanol–water partition coefficient (Wildman–Crippen LogP) is 2.83. The van der Waals surface area contributed by atoms with Crippen LogP contribution in [0.1, 0.15) is 16.7 Å². The summed E-state index contributed by atoms with van der Waals surface area (Å²) in [6.07, 6.45) is 4.88. The van der Waals surface area contributed by atoms with Crippen LogP contribution in [0.25, 0.3) is 0 Å². The first kappa shape index (κ1) is 16.4. The first-order valence-electron chi connectivity index (χ1n) is 6.68. The second-order valence-corrected chi connectivity index (χ2v) is 5.98. The number of carbonyl (C=O) groups excluding carboxylic acids is 1. The molecule has 0 aliphatic heterocycles. The van der Waals surface area contributed by atoms with Gasteiger partial charge in [0.25, 0.3) is 5.91 Å². The van der Waals surface area contributed by atoms with Crippen molar-refractivity contribution in [3.8, 4) is 5.75 Å². The Morgan fingerprint density at radius 3 is 2.59 bits per heavy atom. The van der Waals surface area contributed by atoms with E-state index in [1.807, 2.05) is 26.0 Å². The van der Waals surface area contributed by atoms with Gasteiger partial charge in [0.05, 0.1) is 6.21 Å². The van der Waals surface area contributed by atoms with Crippen molar-refractivity contribution < 1.29 is 9.53 Å². The van der Waals surface area contributed by atoms with E-state index in [0.29, 0.717) is 0 Å². The minimum absolute atomic E-state index is 0.0735. The van der Waals surface area contributed by atoms with Gasteiger partial charge in [0.15, 0.2) is 6.61 Å². The number of ether oxygens (including phenoxy) is 1.